The van der Waals surface area contributed by atoms with E-state index in [0.29, 0.717) is 12.2 Å². The second-order valence-corrected chi connectivity index (χ2v) is 5.29. The first-order valence-corrected chi connectivity index (χ1v) is 7.43. The molecule has 0 radical (unpaired) electrons. The Morgan fingerprint density at radius 3 is 2.35 bits per heavy atom. The summed E-state index contributed by atoms with van der Waals surface area (Å²) in [5.74, 6) is 0. The molecule has 0 spiro atoms. The average Bonchev–Trinajstić information content (AvgIpc) is 2.38. The Morgan fingerprint density at radius 2 is 1.70 bits per heavy atom. The normalized spacial score (nSPS) is 11.7. The Labute approximate surface area is 123 Å². The van der Waals surface area contributed by atoms with Crippen molar-refractivity contribution in [3.8, 4) is 0 Å². The third-order valence-electron chi connectivity index (χ3n) is 3.13. The summed E-state index contributed by atoms with van der Waals surface area (Å²) in [7, 11) is 0. The zero-order chi connectivity index (χ0) is 15.0. The standard InChI is InChI=1S/C15H21ClF3N/c1-2-3-4-5-6-7-10-20-12-8-9-14(16)13(11-12)15(17,18)19/h8-9,11,20H,2-7,10H2,1H3. The van der Waals surface area contributed by atoms with Gasteiger partial charge in [-0.25, -0.2) is 0 Å². The van der Waals surface area contributed by atoms with Crippen molar-refractivity contribution in [3.63, 3.8) is 0 Å². The number of alkyl halides is 3. The smallest absolute Gasteiger partial charge is 0.385 e. The van der Waals surface area contributed by atoms with Gasteiger partial charge in [-0.1, -0.05) is 50.6 Å². The van der Waals surface area contributed by atoms with Gasteiger partial charge in [-0.2, -0.15) is 13.2 Å². The van der Waals surface area contributed by atoms with Gasteiger partial charge in [-0.3, -0.25) is 0 Å². The molecule has 114 valence electrons. The van der Waals surface area contributed by atoms with Gasteiger partial charge in [-0.15, -0.1) is 0 Å². The van der Waals surface area contributed by atoms with Gasteiger partial charge in [0, 0.05) is 12.2 Å². The van der Waals surface area contributed by atoms with E-state index in [1.807, 2.05) is 0 Å². The Balaban J connectivity index is 2.38. The minimum Gasteiger partial charge on any atom is -0.385 e. The van der Waals surface area contributed by atoms with E-state index in [0.717, 1.165) is 18.9 Å². The molecule has 5 heteroatoms. The number of nitrogens with one attached hydrogen (secondary N) is 1. The molecule has 0 saturated carbocycles. The second kappa shape index (κ2) is 8.40. The van der Waals surface area contributed by atoms with Crippen LogP contribution in [0.5, 0.6) is 0 Å². The fourth-order valence-electron chi connectivity index (χ4n) is 1.99. The van der Waals surface area contributed by atoms with Crippen LogP contribution < -0.4 is 5.32 Å². The molecule has 1 aromatic rings. The highest BCUT2D eigenvalue weighted by molar-refractivity contribution is 6.31. The molecule has 0 atom stereocenters. The van der Waals surface area contributed by atoms with Gasteiger partial charge in [0.05, 0.1) is 10.6 Å². The van der Waals surface area contributed by atoms with Crippen LogP contribution in [0.1, 0.15) is 51.0 Å². The molecule has 0 amide bonds. The Kier molecular flexibility index (Phi) is 7.20. The molecule has 0 aliphatic carbocycles. The lowest BCUT2D eigenvalue weighted by atomic mass is 10.1. The van der Waals surface area contributed by atoms with Crippen LogP contribution in [0, 0.1) is 0 Å². The highest BCUT2D eigenvalue weighted by Gasteiger charge is 2.33. The first-order chi connectivity index (χ1) is 9.45. The summed E-state index contributed by atoms with van der Waals surface area (Å²) in [5.41, 5.74) is -0.317. The number of anilines is 1. The van der Waals surface area contributed by atoms with Crippen molar-refractivity contribution in [3.05, 3.63) is 28.8 Å². The topological polar surface area (TPSA) is 12.0 Å². The van der Waals surface area contributed by atoms with Gasteiger partial charge >= 0.3 is 6.18 Å². The van der Waals surface area contributed by atoms with E-state index in [4.69, 9.17) is 11.6 Å². The molecule has 1 aromatic carbocycles. The molecular formula is C15H21ClF3N. The summed E-state index contributed by atoms with van der Waals surface area (Å²) in [6.07, 6.45) is 2.54. The lowest BCUT2D eigenvalue weighted by Gasteiger charge is -2.12. The SMILES string of the molecule is CCCCCCCCNc1ccc(Cl)c(C(F)(F)F)c1. The number of rotatable bonds is 8. The van der Waals surface area contributed by atoms with Crippen molar-refractivity contribution in [1.82, 2.24) is 0 Å². The van der Waals surface area contributed by atoms with Gasteiger partial charge in [0.2, 0.25) is 0 Å². The summed E-state index contributed by atoms with van der Waals surface area (Å²) in [4.78, 5) is 0. The number of hydrogen-bond acceptors (Lipinski definition) is 1. The lowest BCUT2D eigenvalue weighted by Crippen LogP contribution is -2.08. The van der Waals surface area contributed by atoms with E-state index in [2.05, 4.69) is 12.2 Å². The monoisotopic (exact) mass is 307 g/mol. The van der Waals surface area contributed by atoms with E-state index in [-0.39, 0.29) is 5.02 Å². The maximum atomic E-state index is 12.7. The first kappa shape index (κ1) is 17.2. The van der Waals surface area contributed by atoms with Crippen molar-refractivity contribution in [1.29, 1.82) is 0 Å². The minimum absolute atomic E-state index is 0.261. The van der Waals surface area contributed by atoms with Crippen molar-refractivity contribution < 1.29 is 13.2 Å². The third kappa shape index (κ3) is 6.04. The van der Waals surface area contributed by atoms with E-state index in [1.54, 1.807) is 6.07 Å². The van der Waals surface area contributed by atoms with E-state index in [9.17, 15) is 13.2 Å². The maximum Gasteiger partial charge on any atom is 0.417 e. The Hall–Kier alpha value is -0.900. The van der Waals surface area contributed by atoms with Crippen LogP contribution in [0.25, 0.3) is 0 Å². The fourth-order valence-corrected chi connectivity index (χ4v) is 2.22. The number of unbranched alkanes of at least 4 members (excludes halogenated alkanes) is 5. The van der Waals surface area contributed by atoms with Gasteiger partial charge in [-0.05, 0) is 24.6 Å². The van der Waals surface area contributed by atoms with Crippen molar-refractivity contribution in [2.45, 2.75) is 51.6 Å². The summed E-state index contributed by atoms with van der Waals surface area (Å²) in [6, 6.07) is 3.93. The van der Waals surface area contributed by atoms with E-state index >= 15 is 0 Å². The molecule has 0 aliphatic rings. The first-order valence-electron chi connectivity index (χ1n) is 7.05. The molecule has 20 heavy (non-hydrogen) atoms. The average molecular weight is 308 g/mol. The van der Waals surface area contributed by atoms with E-state index in [1.165, 1.54) is 31.7 Å². The van der Waals surface area contributed by atoms with Crippen molar-refractivity contribution in [2.75, 3.05) is 11.9 Å². The van der Waals surface area contributed by atoms with Crippen LogP contribution >= 0.6 is 11.6 Å². The van der Waals surface area contributed by atoms with Crippen molar-refractivity contribution in [2.24, 2.45) is 0 Å². The predicted octanol–water partition coefficient (Wildman–Crippen LogP) is 6.13. The molecule has 1 N–H and O–H groups in total. The summed E-state index contributed by atoms with van der Waals surface area (Å²) in [5, 5.41) is 2.76. The Morgan fingerprint density at radius 1 is 1.05 bits per heavy atom. The Bertz CT molecular complexity index is 405. The van der Waals surface area contributed by atoms with Gasteiger partial charge in [0.25, 0.3) is 0 Å². The molecule has 0 saturated heterocycles. The van der Waals surface area contributed by atoms with Crippen LogP contribution in [-0.4, -0.2) is 6.54 Å². The second-order valence-electron chi connectivity index (χ2n) is 4.89. The van der Waals surface area contributed by atoms with Crippen LogP contribution in [0.3, 0.4) is 0 Å². The van der Waals surface area contributed by atoms with E-state index < -0.39 is 11.7 Å². The molecule has 0 aliphatic heterocycles. The zero-order valence-corrected chi connectivity index (χ0v) is 12.4. The molecule has 0 fully saturated rings. The molecule has 1 rings (SSSR count). The summed E-state index contributed by atoms with van der Waals surface area (Å²) < 4.78 is 38.0. The molecule has 0 unspecified atom stereocenters. The summed E-state index contributed by atoms with van der Waals surface area (Å²) in [6.45, 7) is 2.85. The highest BCUT2D eigenvalue weighted by atomic mass is 35.5. The lowest BCUT2D eigenvalue weighted by molar-refractivity contribution is -0.137. The molecule has 0 aromatic heterocycles. The van der Waals surface area contributed by atoms with Gasteiger partial charge in [0.1, 0.15) is 0 Å². The molecule has 0 bridgehead atoms. The number of benzene rings is 1. The third-order valence-corrected chi connectivity index (χ3v) is 3.46. The van der Waals surface area contributed by atoms with Crippen molar-refractivity contribution >= 4 is 17.3 Å². The molecular weight excluding hydrogens is 287 g/mol. The maximum absolute atomic E-state index is 12.7. The highest BCUT2D eigenvalue weighted by Crippen LogP contribution is 2.36. The van der Waals surface area contributed by atoms with Gasteiger partial charge < -0.3 is 5.32 Å². The zero-order valence-electron chi connectivity index (χ0n) is 11.7. The van der Waals surface area contributed by atoms with Crippen LogP contribution in [-0.2, 0) is 6.18 Å². The van der Waals surface area contributed by atoms with Gasteiger partial charge in [0.15, 0.2) is 0 Å². The largest absolute Gasteiger partial charge is 0.417 e. The fraction of sp³-hybridized carbons (Fsp3) is 0.600. The minimum atomic E-state index is -4.41. The number of hydrogen-bond donors (Lipinski definition) is 1. The van der Waals surface area contributed by atoms with Crippen LogP contribution in [0.4, 0.5) is 18.9 Å². The quantitative estimate of drug-likeness (QED) is 0.569. The molecule has 1 nitrogen and oxygen atoms in total. The molecule has 0 heterocycles. The van der Waals surface area contributed by atoms with Crippen LogP contribution in [0.15, 0.2) is 18.2 Å². The predicted molar refractivity (Wildman–Crippen MR) is 78.3 cm³/mol. The summed E-state index contributed by atoms with van der Waals surface area (Å²) >= 11 is 5.57. The number of halogens is 4. The van der Waals surface area contributed by atoms with Crippen LogP contribution in [0.2, 0.25) is 5.02 Å².